The number of halogens is 2. The second kappa shape index (κ2) is 4.41. The van der Waals surface area contributed by atoms with Crippen molar-refractivity contribution in [2.45, 2.75) is 6.10 Å². The van der Waals surface area contributed by atoms with Crippen LogP contribution in [0.2, 0.25) is 10.0 Å². The van der Waals surface area contributed by atoms with Crippen molar-refractivity contribution in [3.05, 3.63) is 46.0 Å². The number of rotatable bonds is 2. The van der Waals surface area contributed by atoms with Crippen LogP contribution in [-0.2, 0) is 7.05 Å². The molecule has 2 heterocycles. The summed E-state index contributed by atoms with van der Waals surface area (Å²) in [7, 11) is 1.74. The largest absolute Gasteiger partial charge is 0.380 e. The third-order valence-corrected chi connectivity index (χ3v) is 2.74. The molecular weight excluding hydrogens is 249 g/mol. The molecule has 0 bridgehead atoms. The van der Waals surface area contributed by atoms with E-state index >= 15 is 0 Å². The molecule has 4 nitrogen and oxygen atoms in total. The molecule has 0 radical (unpaired) electrons. The zero-order valence-electron chi connectivity index (χ0n) is 8.43. The fourth-order valence-electron chi connectivity index (χ4n) is 1.42. The smallest absolute Gasteiger partial charge is 0.139 e. The van der Waals surface area contributed by atoms with Gasteiger partial charge in [0.1, 0.15) is 6.10 Å². The van der Waals surface area contributed by atoms with E-state index in [1.807, 2.05) is 0 Å². The van der Waals surface area contributed by atoms with Crippen LogP contribution in [0.3, 0.4) is 0 Å². The van der Waals surface area contributed by atoms with Gasteiger partial charge in [-0.05, 0) is 12.1 Å². The molecule has 1 unspecified atom stereocenters. The molecular formula is C10H9Cl2N3O. The van der Waals surface area contributed by atoms with Crippen molar-refractivity contribution in [2.24, 2.45) is 7.05 Å². The minimum absolute atomic E-state index is 0.334. The summed E-state index contributed by atoms with van der Waals surface area (Å²) < 4.78 is 1.57. The van der Waals surface area contributed by atoms with Crippen LogP contribution in [0, 0.1) is 0 Å². The summed E-state index contributed by atoms with van der Waals surface area (Å²) >= 11 is 11.7. The van der Waals surface area contributed by atoms with Crippen molar-refractivity contribution in [1.29, 1.82) is 0 Å². The predicted octanol–water partition coefficient (Wildman–Crippen LogP) is 2.20. The average Bonchev–Trinajstić information content (AvgIpc) is 2.63. The molecule has 0 fully saturated rings. The molecule has 2 rings (SSSR count). The van der Waals surface area contributed by atoms with Crippen LogP contribution >= 0.6 is 23.2 Å². The van der Waals surface area contributed by atoms with Crippen LogP contribution in [0.25, 0.3) is 0 Å². The second-order valence-corrected chi connectivity index (χ2v) is 4.15. The second-order valence-electron chi connectivity index (χ2n) is 3.30. The number of pyridine rings is 1. The van der Waals surface area contributed by atoms with Crippen LogP contribution in [0.5, 0.6) is 0 Å². The van der Waals surface area contributed by atoms with E-state index in [2.05, 4.69) is 10.1 Å². The van der Waals surface area contributed by atoms with Gasteiger partial charge < -0.3 is 5.11 Å². The minimum atomic E-state index is -0.905. The molecule has 6 heteroatoms. The molecule has 0 amide bonds. The summed E-state index contributed by atoms with van der Waals surface area (Å²) in [5, 5.41) is 14.8. The molecule has 2 aromatic rings. The summed E-state index contributed by atoms with van der Waals surface area (Å²) in [5.74, 6) is 0. The Morgan fingerprint density at radius 1 is 1.44 bits per heavy atom. The first-order valence-corrected chi connectivity index (χ1v) is 5.32. The molecule has 0 saturated heterocycles. The standard InChI is InChI=1S/C10H9Cl2N3O/c1-15-8(2-3-14-15)10(16)9-7(12)4-6(11)5-13-9/h2-5,10,16H,1H3. The lowest BCUT2D eigenvalue weighted by Crippen LogP contribution is -2.08. The highest BCUT2D eigenvalue weighted by Gasteiger charge is 2.18. The van der Waals surface area contributed by atoms with E-state index in [9.17, 15) is 5.11 Å². The van der Waals surface area contributed by atoms with E-state index in [0.29, 0.717) is 21.4 Å². The highest BCUT2D eigenvalue weighted by molar-refractivity contribution is 6.34. The average molecular weight is 258 g/mol. The first-order chi connectivity index (χ1) is 7.59. The Morgan fingerprint density at radius 3 is 2.75 bits per heavy atom. The number of aliphatic hydroxyl groups is 1. The molecule has 0 spiro atoms. The van der Waals surface area contributed by atoms with Crippen molar-refractivity contribution in [3.63, 3.8) is 0 Å². The molecule has 0 aliphatic rings. The van der Waals surface area contributed by atoms with E-state index in [1.165, 1.54) is 6.20 Å². The highest BCUT2D eigenvalue weighted by atomic mass is 35.5. The molecule has 0 aliphatic heterocycles. The Labute approximate surface area is 102 Å². The van der Waals surface area contributed by atoms with Crippen LogP contribution in [-0.4, -0.2) is 19.9 Å². The van der Waals surface area contributed by atoms with E-state index in [-0.39, 0.29) is 0 Å². The van der Waals surface area contributed by atoms with Gasteiger partial charge in [-0.25, -0.2) is 0 Å². The van der Waals surface area contributed by atoms with E-state index < -0.39 is 6.10 Å². The number of hydrogen-bond acceptors (Lipinski definition) is 3. The summed E-state index contributed by atoms with van der Waals surface area (Å²) in [6.45, 7) is 0. The lowest BCUT2D eigenvalue weighted by molar-refractivity contribution is 0.205. The van der Waals surface area contributed by atoms with Crippen molar-refractivity contribution >= 4 is 23.2 Å². The van der Waals surface area contributed by atoms with E-state index in [0.717, 1.165) is 0 Å². The van der Waals surface area contributed by atoms with Gasteiger partial charge in [0, 0.05) is 19.4 Å². The molecule has 2 aromatic heterocycles. The van der Waals surface area contributed by atoms with Crippen molar-refractivity contribution in [1.82, 2.24) is 14.8 Å². The lowest BCUT2D eigenvalue weighted by atomic mass is 10.1. The van der Waals surface area contributed by atoms with Gasteiger partial charge in [-0.3, -0.25) is 9.67 Å². The van der Waals surface area contributed by atoms with E-state index in [1.54, 1.807) is 30.1 Å². The van der Waals surface area contributed by atoms with Crippen LogP contribution < -0.4 is 0 Å². The van der Waals surface area contributed by atoms with Crippen LogP contribution in [0.15, 0.2) is 24.5 Å². The maximum atomic E-state index is 10.1. The van der Waals surface area contributed by atoms with Crippen molar-refractivity contribution in [2.75, 3.05) is 0 Å². The Kier molecular flexibility index (Phi) is 3.14. The summed E-state index contributed by atoms with van der Waals surface area (Å²) in [5.41, 5.74) is 0.992. The van der Waals surface area contributed by atoms with Crippen LogP contribution in [0.4, 0.5) is 0 Å². The number of aromatic nitrogens is 3. The van der Waals surface area contributed by atoms with Gasteiger partial charge in [0.05, 0.1) is 21.4 Å². The first-order valence-electron chi connectivity index (χ1n) is 4.56. The number of aliphatic hydroxyl groups excluding tert-OH is 1. The third kappa shape index (κ3) is 2.04. The monoisotopic (exact) mass is 257 g/mol. The van der Waals surface area contributed by atoms with Gasteiger partial charge in [-0.15, -0.1) is 0 Å². The minimum Gasteiger partial charge on any atom is -0.380 e. The molecule has 1 N–H and O–H groups in total. The number of hydrogen-bond donors (Lipinski definition) is 1. The van der Waals surface area contributed by atoms with Gasteiger partial charge in [0.25, 0.3) is 0 Å². The Bertz CT molecular complexity index is 513. The van der Waals surface area contributed by atoms with Crippen molar-refractivity contribution in [3.8, 4) is 0 Å². The fourth-order valence-corrected chi connectivity index (χ4v) is 1.90. The van der Waals surface area contributed by atoms with Gasteiger partial charge in [-0.2, -0.15) is 5.10 Å². The van der Waals surface area contributed by atoms with Crippen LogP contribution in [0.1, 0.15) is 17.5 Å². The normalized spacial score (nSPS) is 12.8. The maximum absolute atomic E-state index is 10.1. The summed E-state index contributed by atoms with van der Waals surface area (Å²) in [4.78, 5) is 4.02. The Hall–Kier alpha value is -1.10. The maximum Gasteiger partial charge on any atom is 0.139 e. The van der Waals surface area contributed by atoms with Crippen molar-refractivity contribution < 1.29 is 5.11 Å². The SMILES string of the molecule is Cn1nccc1C(O)c1ncc(Cl)cc1Cl. The van der Waals surface area contributed by atoms with Gasteiger partial charge in [0.2, 0.25) is 0 Å². The molecule has 0 saturated carbocycles. The zero-order valence-corrected chi connectivity index (χ0v) is 9.94. The lowest BCUT2D eigenvalue weighted by Gasteiger charge is -2.11. The molecule has 0 aromatic carbocycles. The molecule has 1 atom stereocenters. The van der Waals surface area contributed by atoms with E-state index in [4.69, 9.17) is 23.2 Å². The number of aryl methyl sites for hydroxylation is 1. The Morgan fingerprint density at radius 2 is 2.19 bits per heavy atom. The summed E-state index contributed by atoms with van der Waals surface area (Å²) in [6, 6.07) is 3.25. The predicted molar refractivity (Wildman–Crippen MR) is 61.5 cm³/mol. The van der Waals surface area contributed by atoms with Gasteiger partial charge in [-0.1, -0.05) is 23.2 Å². The zero-order chi connectivity index (χ0) is 11.7. The summed E-state index contributed by atoms with van der Waals surface area (Å²) in [6.07, 6.45) is 2.14. The molecule has 0 aliphatic carbocycles. The molecule has 16 heavy (non-hydrogen) atoms. The highest BCUT2D eigenvalue weighted by Crippen LogP contribution is 2.27. The first kappa shape index (κ1) is 11.4. The number of nitrogens with zero attached hydrogens (tertiary/aromatic N) is 3. The third-order valence-electron chi connectivity index (χ3n) is 2.23. The quantitative estimate of drug-likeness (QED) is 0.898. The van der Waals surface area contributed by atoms with Gasteiger partial charge in [0.15, 0.2) is 0 Å². The molecule has 84 valence electrons. The topological polar surface area (TPSA) is 50.9 Å². The van der Waals surface area contributed by atoms with Gasteiger partial charge >= 0.3 is 0 Å². The Balaban J connectivity index is 2.41. The fraction of sp³-hybridized carbons (Fsp3) is 0.200.